The molecule has 3 aliphatic rings. The molecule has 9 heteroatoms. The molecule has 1 saturated heterocycles. The molecule has 0 saturated carbocycles. The zero-order valence-corrected chi connectivity index (χ0v) is 19.0. The summed E-state index contributed by atoms with van der Waals surface area (Å²) >= 11 is 0. The van der Waals surface area contributed by atoms with E-state index in [0.29, 0.717) is 24.5 Å². The lowest BCUT2D eigenvalue weighted by molar-refractivity contribution is -0.124. The number of amides is 1. The smallest absolute Gasteiger partial charge is 0.243 e. The maximum atomic E-state index is 12.9. The van der Waals surface area contributed by atoms with Crippen molar-refractivity contribution in [2.24, 2.45) is 16.0 Å². The standard InChI is InChI=1S/C22H29N5O3S/c1-15-13-16(2)27-21(24-15)20(17(3)25-27)22(28)23-14-18-7-9-19(10-8-18)31(29,30)26-11-5-4-6-12-26/h7-10,13,20-21H,4-6,11-12,14H2,1-3H3,(H,23,28). The molecule has 3 heterocycles. The van der Waals surface area contributed by atoms with Gasteiger partial charge in [0.1, 0.15) is 5.92 Å². The molecule has 8 nitrogen and oxygen atoms in total. The lowest BCUT2D eigenvalue weighted by Gasteiger charge is -2.28. The molecule has 0 spiro atoms. The van der Waals surface area contributed by atoms with Gasteiger partial charge >= 0.3 is 0 Å². The summed E-state index contributed by atoms with van der Waals surface area (Å²) in [5, 5.41) is 9.27. The fourth-order valence-electron chi connectivity index (χ4n) is 4.34. The number of benzene rings is 1. The van der Waals surface area contributed by atoms with Gasteiger partial charge in [-0.3, -0.25) is 9.79 Å². The number of allylic oxidation sites excluding steroid dienone is 2. The summed E-state index contributed by atoms with van der Waals surface area (Å²) in [6, 6.07) is 6.76. The van der Waals surface area contributed by atoms with Gasteiger partial charge in [0.2, 0.25) is 15.9 Å². The molecule has 1 aromatic carbocycles. The number of hydrogen-bond donors (Lipinski definition) is 1. The van der Waals surface area contributed by atoms with Gasteiger partial charge in [-0.1, -0.05) is 18.6 Å². The van der Waals surface area contributed by atoms with E-state index in [-0.39, 0.29) is 12.1 Å². The first-order valence-electron chi connectivity index (χ1n) is 10.7. The lowest BCUT2D eigenvalue weighted by atomic mass is 9.99. The molecule has 0 radical (unpaired) electrons. The highest BCUT2D eigenvalue weighted by Gasteiger charge is 2.41. The predicted octanol–water partition coefficient (Wildman–Crippen LogP) is 2.49. The molecular formula is C22H29N5O3S. The van der Waals surface area contributed by atoms with Gasteiger partial charge in [0.15, 0.2) is 6.17 Å². The highest BCUT2D eigenvalue weighted by atomic mass is 32.2. The molecule has 1 amide bonds. The summed E-state index contributed by atoms with van der Waals surface area (Å²) in [6.07, 6.45) is 4.50. The topological polar surface area (TPSA) is 94.4 Å². The number of hydrazone groups is 1. The van der Waals surface area contributed by atoms with Gasteiger partial charge in [0.05, 0.1) is 10.6 Å². The third kappa shape index (κ3) is 4.29. The third-order valence-corrected chi connectivity index (χ3v) is 7.92. The molecule has 1 fully saturated rings. The quantitative estimate of drug-likeness (QED) is 0.756. The van der Waals surface area contributed by atoms with Crippen LogP contribution in [0.1, 0.15) is 45.6 Å². The first kappa shape index (κ1) is 21.7. The van der Waals surface area contributed by atoms with E-state index in [0.717, 1.165) is 41.9 Å². The van der Waals surface area contributed by atoms with Crippen LogP contribution in [0, 0.1) is 5.92 Å². The zero-order chi connectivity index (χ0) is 22.2. The highest BCUT2D eigenvalue weighted by molar-refractivity contribution is 7.89. The Balaban J connectivity index is 1.40. The molecule has 166 valence electrons. The van der Waals surface area contributed by atoms with E-state index in [1.807, 2.05) is 26.8 Å². The Morgan fingerprint density at radius 3 is 2.45 bits per heavy atom. The van der Waals surface area contributed by atoms with Crippen LogP contribution in [-0.4, -0.2) is 54.3 Å². The summed E-state index contributed by atoms with van der Waals surface area (Å²) < 4.78 is 27.1. The molecule has 0 aliphatic carbocycles. The molecule has 2 atom stereocenters. The van der Waals surface area contributed by atoms with E-state index in [1.165, 1.54) is 0 Å². The summed E-state index contributed by atoms with van der Waals surface area (Å²) in [6.45, 7) is 7.21. The van der Waals surface area contributed by atoms with Crippen molar-refractivity contribution >= 4 is 27.4 Å². The minimum atomic E-state index is -3.45. The second-order valence-corrected chi connectivity index (χ2v) is 10.3. The number of hydrogen-bond acceptors (Lipinski definition) is 6. The molecule has 2 unspecified atom stereocenters. The Labute approximate surface area is 183 Å². The van der Waals surface area contributed by atoms with E-state index < -0.39 is 15.9 Å². The number of nitrogens with zero attached hydrogens (tertiary/aromatic N) is 4. The van der Waals surface area contributed by atoms with E-state index >= 15 is 0 Å². The Morgan fingerprint density at radius 2 is 1.77 bits per heavy atom. The number of sulfonamides is 1. The molecule has 4 rings (SSSR count). The fourth-order valence-corrected chi connectivity index (χ4v) is 5.85. The van der Waals surface area contributed by atoms with Crippen LogP contribution < -0.4 is 5.32 Å². The zero-order valence-electron chi connectivity index (χ0n) is 18.2. The molecule has 1 aromatic rings. The normalized spacial score (nSPS) is 24.2. The minimum Gasteiger partial charge on any atom is -0.351 e. The fraction of sp³-hybridized carbons (Fsp3) is 0.500. The van der Waals surface area contributed by atoms with Gasteiger partial charge < -0.3 is 5.32 Å². The summed E-state index contributed by atoms with van der Waals surface area (Å²) in [7, 11) is -3.45. The maximum Gasteiger partial charge on any atom is 0.243 e. The van der Waals surface area contributed by atoms with Gasteiger partial charge in [-0.05, 0) is 57.4 Å². The summed E-state index contributed by atoms with van der Waals surface area (Å²) in [4.78, 5) is 17.8. The van der Waals surface area contributed by atoms with Crippen LogP contribution in [-0.2, 0) is 21.4 Å². The summed E-state index contributed by atoms with van der Waals surface area (Å²) in [5.41, 5.74) is 3.43. The van der Waals surface area contributed by atoms with Crippen LogP contribution in [0.3, 0.4) is 0 Å². The van der Waals surface area contributed by atoms with Crippen LogP contribution in [0.5, 0.6) is 0 Å². The van der Waals surface area contributed by atoms with Crippen molar-refractivity contribution in [3.8, 4) is 0 Å². The highest BCUT2D eigenvalue weighted by Crippen LogP contribution is 2.30. The third-order valence-electron chi connectivity index (χ3n) is 6.00. The number of fused-ring (bicyclic) bond motifs is 1. The Morgan fingerprint density at radius 1 is 1.10 bits per heavy atom. The summed E-state index contributed by atoms with van der Waals surface area (Å²) in [5.74, 6) is -0.581. The number of piperidine rings is 1. The molecule has 0 aromatic heterocycles. The second kappa shape index (κ2) is 8.55. The second-order valence-electron chi connectivity index (χ2n) is 8.36. The van der Waals surface area contributed by atoms with Crippen molar-refractivity contribution in [1.29, 1.82) is 0 Å². The SMILES string of the molecule is CC1=CC(C)=NC2C(C(=O)NCc3ccc(S(=O)(=O)N4CCCCC4)cc3)C(C)=NN12. The van der Waals surface area contributed by atoms with Crippen molar-refractivity contribution in [1.82, 2.24) is 14.6 Å². The van der Waals surface area contributed by atoms with Crippen LogP contribution in [0.15, 0.2) is 51.0 Å². The molecule has 1 N–H and O–H groups in total. The van der Waals surface area contributed by atoms with E-state index in [1.54, 1.807) is 33.6 Å². The van der Waals surface area contributed by atoms with Crippen LogP contribution in [0.25, 0.3) is 0 Å². The number of rotatable bonds is 5. The van der Waals surface area contributed by atoms with Crippen LogP contribution in [0.2, 0.25) is 0 Å². The first-order valence-corrected chi connectivity index (χ1v) is 12.2. The Kier molecular flexibility index (Phi) is 5.98. The number of nitrogens with one attached hydrogen (secondary N) is 1. The molecule has 3 aliphatic heterocycles. The predicted molar refractivity (Wildman–Crippen MR) is 120 cm³/mol. The number of carbonyl (C=O) groups is 1. The van der Waals surface area contributed by atoms with Crippen molar-refractivity contribution in [2.75, 3.05) is 13.1 Å². The number of aliphatic imine (C=N–C) groups is 1. The number of carbonyl (C=O) groups excluding carboxylic acids is 1. The van der Waals surface area contributed by atoms with Gasteiger partial charge in [-0.15, -0.1) is 0 Å². The van der Waals surface area contributed by atoms with Crippen molar-refractivity contribution < 1.29 is 13.2 Å². The van der Waals surface area contributed by atoms with Crippen molar-refractivity contribution in [3.63, 3.8) is 0 Å². The maximum absolute atomic E-state index is 12.9. The average Bonchev–Trinajstić information content (AvgIpc) is 3.09. The average molecular weight is 444 g/mol. The van der Waals surface area contributed by atoms with E-state index in [2.05, 4.69) is 15.4 Å². The monoisotopic (exact) mass is 443 g/mol. The van der Waals surface area contributed by atoms with E-state index in [9.17, 15) is 13.2 Å². The van der Waals surface area contributed by atoms with Gasteiger partial charge in [-0.2, -0.15) is 9.41 Å². The Hall–Kier alpha value is -2.52. The lowest BCUT2D eigenvalue weighted by Crippen LogP contribution is -2.43. The minimum absolute atomic E-state index is 0.134. The van der Waals surface area contributed by atoms with E-state index in [4.69, 9.17) is 0 Å². The van der Waals surface area contributed by atoms with Gasteiger partial charge in [0, 0.05) is 31.0 Å². The molecule has 0 bridgehead atoms. The van der Waals surface area contributed by atoms with Gasteiger partial charge in [0.25, 0.3) is 0 Å². The molecular weight excluding hydrogens is 414 g/mol. The van der Waals surface area contributed by atoms with Crippen molar-refractivity contribution in [3.05, 3.63) is 41.6 Å². The van der Waals surface area contributed by atoms with Gasteiger partial charge in [-0.25, -0.2) is 13.4 Å². The molecule has 31 heavy (non-hydrogen) atoms. The van der Waals surface area contributed by atoms with Crippen LogP contribution >= 0.6 is 0 Å². The largest absolute Gasteiger partial charge is 0.351 e. The van der Waals surface area contributed by atoms with Crippen LogP contribution in [0.4, 0.5) is 0 Å². The Bertz CT molecular complexity index is 1050. The first-order chi connectivity index (χ1) is 14.8. The van der Waals surface area contributed by atoms with Crippen molar-refractivity contribution in [2.45, 2.75) is 57.6 Å².